The van der Waals surface area contributed by atoms with Gasteiger partial charge in [-0.3, -0.25) is 0 Å². The van der Waals surface area contributed by atoms with Crippen molar-refractivity contribution in [3.05, 3.63) is 29.8 Å². The van der Waals surface area contributed by atoms with Gasteiger partial charge in [-0.15, -0.1) is 0 Å². The highest BCUT2D eigenvalue weighted by molar-refractivity contribution is 5.32. The molecule has 0 amide bonds. The Balaban J connectivity index is 3.08. The van der Waals surface area contributed by atoms with Gasteiger partial charge in [-0.2, -0.15) is 13.2 Å². The molecule has 0 spiro atoms. The Morgan fingerprint density at radius 3 is 2.44 bits per heavy atom. The van der Waals surface area contributed by atoms with Gasteiger partial charge in [0.1, 0.15) is 5.75 Å². The third-order valence-electron chi connectivity index (χ3n) is 2.26. The molecule has 0 aromatic heterocycles. The lowest BCUT2D eigenvalue weighted by Gasteiger charge is -2.26. The van der Waals surface area contributed by atoms with E-state index in [-0.39, 0.29) is 5.56 Å². The van der Waals surface area contributed by atoms with Crippen LogP contribution in [0.15, 0.2) is 24.3 Å². The molecule has 1 aromatic carbocycles. The Hall–Kier alpha value is -1.23. The first kappa shape index (κ1) is 12.8. The molecule has 90 valence electrons. The first-order valence-corrected chi connectivity index (χ1v) is 4.81. The predicted octanol–water partition coefficient (Wildman–Crippen LogP) is 2.86. The van der Waals surface area contributed by atoms with Crippen LogP contribution in [0, 0.1) is 0 Å². The largest absolute Gasteiger partial charge is 0.494 e. The molecule has 0 aliphatic heterocycles. The molecular formula is C11H13F3O2. The maximum absolute atomic E-state index is 12.5. The molecule has 0 heterocycles. The van der Waals surface area contributed by atoms with Crippen LogP contribution in [0.1, 0.15) is 19.4 Å². The molecule has 0 radical (unpaired) electrons. The van der Waals surface area contributed by atoms with Gasteiger partial charge in [-0.25, -0.2) is 0 Å². The zero-order valence-corrected chi connectivity index (χ0v) is 9.01. The molecule has 1 unspecified atom stereocenters. The van der Waals surface area contributed by atoms with Crippen molar-refractivity contribution in [3.8, 4) is 5.75 Å². The summed E-state index contributed by atoms with van der Waals surface area (Å²) in [5.41, 5.74) is -3.09. The third kappa shape index (κ3) is 2.47. The summed E-state index contributed by atoms with van der Waals surface area (Å²) in [4.78, 5) is 0. The molecular weight excluding hydrogens is 221 g/mol. The van der Waals surface area contributed by atoms with E-state index < -0.39 is 11.8 Å². The van der Waals surface area contributed by atoms with Crippen LogP contribution in [0.25, 0.3) is 0 Å². The van der Waals surface area contributed by atoms with E-state index in [1.165, 1.54) is 18.2 Å². The first-order valence-electron chi connectivity index (χ1n) is 4.81. The quantitative estimate of drug-likeness (QED) is 0.871. The van der Waals surface area contributed by atoms with Gasteiger partial charge < -0.3 is 9.84 Å². The van der Waals surface area contributed by atoms with Gasteiger partial charge >= 0.3 is 6.18 Å². The topological polar surface area (TPSA) is 29.5 Å². The van der Waals surface area contributed by atoms with Crippen LogP contribution in [0.4, 0.5) is 13.2 Å². The Morgan fingerprint density at radius 1 is 1.31 bits per heavy atom. The molecule has 0 aliphatic carbocycles. The van der Waals surface area contributed by atoms with Crippen LogP contribution in [-0.4, -0.2) is 17.9 Å². The van der Waals surface area contributed by atoms with Crippen molar-refractivity contribution in [1.29, 1.82) is 0 Å². The van der Waals surface area contributed by atoms with E-state index >= 15 is 0 Å². The molecule has 5 heteroatoms. The summed E-state index contributed by atoms with van der Waals surface area (Å²) in [7, 11) is 0. The summed E-state index contributed by atoms with van der Waals surface area (Å²) in [6.07, 6.45) is -4.71. The maximum atomic E-state index is 12.5. The summed E-state index contributed by atoms with van der Waals surface area (Å²) in [5.74, 6) is 0.310. The van der Waals surface area contributed by atoms with Gasteiger partial charge in [-0.05, 0) is 31.5 Å². The molecule has 1 rings (SSSR count). The first-order chi connectivity index (χ1) is 7.29. The van der Waals surface area contributed by atoms with Gasteiger partial charge in [0.15, 0.2) is 5.60 Å². The molecule has 2 nitrogen and oxygen atoms in total. The van der Waals surface area contributed by atoms with Crippen LogP contribution in [-0.2, 0) is 5.60 Å². The second kappa shape index (κ2) is 4.33. The fraction of sp³-hybridized carbons (Fsp3) is 0.455. The second-order valence-electron chi connectivity index (χ2n) is 3.53. The SMILES string of the molecule is CCOc1cccc(C(C)(O)C(F)(F)F)c1. The van der Waals surface area contributed by atoms with Gasteiger partial charge in [0.2, 0.25) is 0 Å². The zero-order chi connectivity index (χ0) is 12.4. The van der Waals surface area contributed by atoms with Gasteiger partial charge in [0, 0.05) is 0 Å². The van der Waals surface area contributed by atoms with Crippen molar-refractivity contribution in [3.63, 3.8) is 0 Å². The Morgan fingerprint density at radius 2 is 1.94 bits per heavy atom. The average molecular weight is 234 g/mol. The van der Waals surface area contributed by atoms with Gasteiger partial charge in [0.05, 0.1) is 6.61 Å². The molecule has 1 N–H and O–H groups in total. The van der Waals surface area contributed by atoms with E-state index in [1.807, 2.05) is 0 Å². The Kier molecular flexibility index (Phi) is 3.48. The Bertz CT molecular complexity index is 358. The van der Waals surface area contributed by atoms with Crippen molar-refractivity contribution in [2.24, 2.45) is 0 Å². The van der Waals surface area contributed by atoms with E-state index in [4.69, 9.17) is 4.74 Å². The molecule has 1 aromatic rings. The number of rotatable bonds is 3. The lowest BCUT2D eigenvalue weighted by Crippen LogP contribution is -2.39. The van der Waals surface area contributed by atoms with E-state index in [0.717, 1.165) is 6.92 Å². The molecule has 0 aliphatic rings. The van der Waals surface area contributed by atoms with Crippen LogP contribution in [0.2, 0.25) is 0 Å². The van der Waals surface area contributed by atoms with E-state index in [0.29, 0.717) is 12.4 Å². The van der Waals surface area contributed by atoms with Crippen molar-refractivity contribution in [2.75, 3.05) is 6.61 Å². The average Bonchev–Trinajstić information content (AvgIpc) is 2.17. The highest BCUT2D eigenvalue weighted by Gasteiger charge is 2.51. The van der Waals surface area contributed by atoms with Crippen LogP contribution in [0.5, 0.6) is 5.75 Å². The highest BCUT2D eigenvalue weighted by atomic mass is 19.4. The van der Waals surface area contributed by atoms with Crippen LogP contribution in [0.3, 0.4) is 0 Å². The van der Waals surface area contributed by atoms with Gasteiger partial charge in [0.25, 0.3) is 0 Å². The smallest absolute Gasteiger partial charge is 0.421 e. The number of ether oxygens (including phenoxy) is 1. The number of hydrogen-bond donors (Lipinski definition) is 1. The molecule has 0 fully saturated rings. The van der Waals surface area contributed by atoms with Crippen molar-refractivity contribution >= 4 is 0 Å². The fourth-order valence-electron chi connectivity index (χ4n) is 1.22. The lowest BCUT2D eigenvalue weighted by molar-refractivity contribution is -0.258. The minimum Gasteiger partial charge on any atom is -0.494 e. The fourth-order valence-corrected chi connectivity index (χ4v) is 1.22. The molecule has 0 saturated carbocycles. The van der Waals surface area contributed by atoms with E-state index in [1.54, 1.807) is 13.0 Å². The van der Waals surface area contributed by atoms with Gasteiger partial charge in [-0.1, -0.05) is 12.1 Å². The molecule has 0 bridgehead atoms. The predicted molar refractivity (Wildman–Crippen MR) is 53.2 cm³/mol. The highest BCUT2D eigenvalue weighted by Crippen LogP contribution is 2.39. The standard InChI is InChI=1S/C11H13F3O2/c1-3-16-9-6-4-5-8(7-9)10(2,15)11(12,13)14/h4-7,15H,3H2,1-2H3. The normalized spacial score (nSPS) is 15.6. The summed E-state index contributed by atoms with van der Waals surface area (Å²) < 4.78 is 42.7. The monoisotopic (exact) mass is 234 g/mol. The van der Waals surface area contributed by atoms with E-state index in [9.17, 15) is 18.3 Å². The van der Waals surface area contributed by atoms with Crippen molar-refractivity contribution in [2.45, 2.75) is 25.6 Å². The lowest BCUT2D eigenvalue weighted by atomic mass is 9.95. The van der Waals surface area contributed by atoms with Crippen LogP contribution < -0.4 is 4.74 Å². The molecule has 0 saturated heterocycles. The number of aliphatic hydroxyl groups is 1. The minimum atomic E-state index is -4.71. The second-order valence-corrected chi connectivity index (χ2v) is 3.53. The number of halogens is 3. The summed E-state index contributed by atoms with van der Waals surface area (Å²) >= 11 is 0. The number of alkyl halides is 3. The molecule has 1 atom stereocenters. The number of hydrogen-bond acceptors (Lipinski definition) is 2. The third-order valence-corrected chi connectivity index (χ3v) is 2.26. The Labute approximate surface area is 91.7 Å². The summed E-state index contributed by atoms with van der Waals surface area (Å²) in [6, 6.07) is 5.37. The molecule has 16 heavy (non-hydrogen) atoms. The van der Waals surface area contributed by atoms with Crippen molar-refractivity contribution in [1.82, 2.24) is 0 Å². The summed E-state index contributed by atoms with van der Waals surface area (Å²) in [5, 5.41) is 9.43. The minimum absolute atomic E-state index is 0.231. The van der Waals surface area contributed by atoms with Crippen molar-refractivity contribution < 1.29 is 23.0 Å². The van der Waals surface area contributed by atoms with E-state index in [2.05, 4.69) is 0 Å². The van der Waals surface area contributed by atoms with Crippen LogP contribution >= 0.6 is 0 Å². The number of benzene rings is 1. The zero-order valence-electron chi connectivity index (χ0n) is 9.01. The summed E-state index contributed by atoms with van der Waals surface area (Å²) in [6.45, 7) is 2.81. The maximum Gasteiger partial charge on any atom is 0.421 e.